The Bertz CT molecular complexity index is 608. The van der Waals surface area contributed by atoms with Gasteiger partial charge in [0, 0.05) is 30.4 Å². The molecule has 0 spiro atoms. The van der Waals surface area contributed by atoms with Crippen molar-refractivity contribution < 1.29 is 9.13 Å². The molecule has 100 valence electrons. The molecular formula is C15H17FN2O. The number of hydrogen-bond donors (Lipinski definition) is 0. The Morgan fingerprint density at radius 1 is 1.42 bits per heavy atom. The third kappa shape index (κ3) is 2.16. The first-order chi connectivity index (χ1) is 9.16. The largest absolute Gasteiger partial charge is 0.379 e. The number of rotatable bonds is 2. The van der Waals surface area contributed by atoms with Crippen LogP contribution in [0.4, 0.5) is 10.1 Å². The third-order valence-corrected chi connectivity index (χ3v) is 3.73. The maximum atomic E-state index is 13.9. The Hall–Kier alpha value is -1.68. The van der Waals surface area contributed by atoms with Gasteiger partial charge in [-0.25, -0.2) is 9.37 Å². The summed E-state index contributed by atoms with van der Waals surface area (Å²) in [5.74, 6) is -0.265. The number of aryl methyl sites for hydroxylation is 1. The van der Waals surface area contributed by atoms with E-state index in [0.29, 0.717) is 11.6 Å². The zero-order chi connectivity index (χ0) is 13.4. The van der Waals surface area contributed by atoms with Crippen molar-refractivity contribution in [3.8, 4) is 0 Å². The summed E-state index contributed by atoms with van der Waals surface area (Å²) in [7, 11) is 2.04. The first-order valence-electron chi connectivity index (χ1n) is 6.53. The number of pyridine rings is 1. The Labute approximate surface area is 112 Å². The monoisotopic (exact) mass is 260 g/mol. The Balaban J connectivity index is 2.14. The van der Waals surface area contributed by atoms with Crippen LogP contribution in [0.2, 0.25) is 0 Å². The van der Waals surface area contributed by atoms with E-state index < -0.39 is 0 Å². The third-order valence-electron chi connectivity index (χ3n) is 3.73. The molecule has 3 nitrogen and oxygen atoms in total. The van der Waals surface area contributed by atoms with Gasteiger partial charge in [-0.15, -0.1) is 0 Å². The second-order valence-electron chi connectivity index (χ2n) is 5.05. The maximum absolute atomic E-state index is 13.9. The van der Waals surface area contributed by atoms with Crippen LogP contribution >= 0.6 is 0 Å². The Morgan fingerprint density at radius 3 is 3.00 bits per heavy atom. The predicted octanol–water partition coefficient (Wildman–Crippen LogP) is 2.91. The Kier molecular flexibility index (Phi) is 3.11. The summed E-state index contributed by atoms with van der Waals surface area (Å²) in [5, 5.41) is 0.861. The Morgan fingerprint density at radius 2 is 2.26 bits per heavy atom. The van der Waals surface area contributed by atoms with Crippen LogP contribution in [0.3, 0.4) is 0 Å². The van der Waals surface area contributed by atoms with E-state index in [1.165, 1.54) is 6.07 Å². The number of ether oxygens (including phenoxy) is 1. The lowest BCUT2D eigenvalue weighted by Crippen LogP contribution is -2.32. The van der Waals surface area contributed by atoms with Crippen LogP contribution in [-0.2, 0) is 4.74 Å². The van der Waals surface area contributed by atoms with E-state index in [-0.39, 0.29) is 5.82 Å². The molecule has 19 heavy (non-hydrogen) atoms. The average Bonchev–Trinajstić information content (AvgIpc) is 2.92. The molecule has 2 heterocycles. The van der Waals surface area contributed by atoms with Gasteiger partial charge < -0.3 is 9.64 Å². The molecule has 0 bridgehead atoms. The van der Waals surface area contributed by atoms with Gasteiger partial charge in [0.1, 0.15) is 11.3 Å². The van der Waals surface area contributed by atoms with Gasteiger partial charge in [-0.2, -0.15) is 0 Å². The highest BCUT2D eigenvalue weighted by molar-refractivity contribution is 5.92. The standard InChI is InChI=1S/C15H17FN2O/c1-10-8-14(18(2)11-6-7-19-9-11)12-4-3-5-13(16)15(12)17-10/h3-5,8,11H,6-7,9H2,1-2H3. The van der Waals surface area contributed by atoms with Crippen molar-refractivity contribution in [2.45, 2.75) is 19.4 Å². The normalized spacial score (nSPS) is 19.0. The fraction of sp³-hybridized carbons (Fsp3) is 0.400. The van der Waals surface area contributed by atoms with Crippen molar-refractivity contribution >= 4 is 16.6 Å². The molecular weight excluding hydrogens is 243 g/mol. The molecule has 0 saturated carbocycles. The van der Waals surface area contributed by atoms with Crippen molar-refractivity contribution in [3.05, 3.63) is 35.8 Å². The molecule has 1 aromatic carbocycles. The minimum atomic E-state index is -0.265. The van der Waals surface area contributed by atoms with E-state index in [9.17, 15) is 4.39 Å². The van der Waals surface area contributed by atoms with Crippen LogP contribution in [0, 0.1) is 12.7 Å². The molecule has 1 fully saturated rings. The first kappa shape index (κ1) is 12.4. The lowest BCUT2D eigenvalue weighted by atomic mass is 10.1. The maximum Gasteiger partial charge on any atom is 0.149 e. The number of benzene rings is 1. The minimum Gasteiger partial charge on any atom is -0.379 e. The molecule has 0 aliphatic carbocycles. The van der Waals surface area contributed by atoms with E-state index in [2.05, 4.69) is 9.88 Å². The van der Waals surface area contributed by atoms with Crippen LogP contribution in [0.5, 0.6) is 0 Å². The number of para-hydroxylation sites is 1. The summed E-state index contributed by atoms with van der Waals surface area (Å²) in [5.41, 5.74) is 2.30. The second-order valence-corrected chi connectivity index (χ2v) is 5.05. The molecule has 0 amide bonds. The number of halogens is 1. The molecule has 1 atom stereocenters. The highest BCUT2D eigenvalue weighted by Crippen LogP contribution is 2.30. The van der Waals surface area contributed by atoms with Gasteiger partial charge in [0.2, 0.25) is 0 Å². The average molecular weight is 260 g/mol. The molecule has 1 saturated heterocycles. The van der Waals surface area contributed by atoms with Crippen molar-refractivity contribution in [1.29, 1.82) is 0 Å². The lowest BCUT2D eigenvalue weighted by molar-refractivity contribution is 0.193. The van der Waals surface area contributed by atoms with E-state index in [4.69, 9.17) is 4.74 Å². The van der Waals surface area contributed by atoms with Crippen molar-refractivity contribution in [2.24, 2.45) is 0 Å². The number of fused-ring (bicyclic) bond motifs is 1. The zero-order valence-electron chi connectivity index (χ0n) is 11.2. The van der Waals surface area contributed by atoms with E-state index in [0.717, 1.165) is 36.4 Å². The van der Waals surface area contributed by atoms with Gasteiger partial charge in [0.25, 0.3) is 0 Å². The molecule has 1 unspecified atom stereocenters. The van der Waals surface area contributed by atoms with Crippen LogP contribution in [0.15, 0.2) is 24.3 Å². The van der Waals surface area contributed by atoms with Crippen LogP contribution in [0.1, 0.15) is 12.1 Å². The fourth-order valence-electron chi connectivity index (χ4n) is 2.64. The highest BCUT2D eigenvalue weighted by atomic mass is 19.1. The minimum absolute atomic E-state index is 0.265. The predicted molar refractivity (Wildman–Crippen MR) is 74.1 cm³/mol. The topological polar surface area (TPSA) is 25.4 Å². The van der Waals surface area contributed by atoms with E-state index in [1.54, 1.807) is 6.07 Å². The molecule has 1 aromatic heterocycles. The molecule has 1 aliphatic rings. The summed E-state index contributed by atoms with van der Waals surface area (Å²) in [6.07, 6.45) is 1.01. The molecule has 1 aliphatic heterocycles. The second kappa shape index (κ2) is 4.78. The molecule has 0 N–H and O–H groups in total. The number of anilines is 1. The van der Waals surface area contributed by atoms with Crippen LogP contribution in [-0.4, -0.2) is 31.3 Å². The molecule has 0 radical (unpaired) electrons. The molecule has 2 aromatic rings. The quantitative estimate of drug-likeness (QED) is 0.830. The fourth-order valence-corrected chi connectivity index (χ4v) is 2.64. The van der Waals surface area contributed by atoms with Gasteiger partial charge in [-0.3, -0.25) is 0 Å². The van der Waals surface area contributed by atoms with Gasteiger partial charge in [0.15, 0.2) is 0 Å². The highest BCUT2D eigenvalue weighted by Gasteiger charge is 2.22. The number of hydrogen-bond acceptors (Lipinski definition) is 3. The van der Waals surface area contributed by atoms with Crippen molar-refractivity contribution in [2.75, 3.05) is 25.2 Å². The smallest absolute Gasteiger partial charge is 0.149 e. The summed E-state index contributed by atoms with van der Waals surface area (Å²) in [4.78, 5) is 6.50. The van der Waals surface area contributed by atoms with Crippen LogP contribution in [0.25, 0.3) is 10.9 Å². The summed E-state index contributed by atoms with van der Waals surface area (Å²) < 4.78 is 19.3. The number of aromatic nitrogens is 1. The van der Waals surface area contributed by atoms with Gasteiger partial charge in [0.05, 0.1) is 12.6 Å². The van der Waals surface area contributed by atoms with Crippen LogP contribution < -0.4 is 4.90 Å². The zero-order valence-corrected chi connectivity index (χ0v) is 11.2. The van der Waals surface area contributed by atoms with Crippen molar-refractivity contribution in [3.63, 3.8) is 0 Å². The lowest BCUT2D eigenvalue weighted by Gasteiger charge is -2.27. The number of likely N-dealkylation sites (N-methyl/N-ethyl adjacent to an activating group) is 1. The summed E-state index contributed by atoms with van der Waals surface area (Å²) in [6.45, 7) is 3.43. The van der Waals surface area contributed by atoms with Crippen molar-refractivity contribution in [1.82, 2.24) is 4.98 Å². The summed E-state index contributed by atoms with van der Waals surface area (Å²) >= 11 is 0. The SMILES string of the molecule is Cc1cc(N(C)C2CCOC2)c2cccc(F)c2n1. The van der Waals surface area contributed by atoms with E-state index in [1.807, 2.05) is 26.1 Å². The molecule has 3 rings (SSSR count). The summed E-state index contributed by atoms with van der Waals surface area (Å²) in [6, 6.07) is 7.48. The number of nitrogens with zero attached hydrogens (tertiary/aromatic N) is 2. The van der Waals surface area contributed by atoms with E-state index >= 15 is 0 Å². The first-order valence-corrected chi connectivity index (χ1v) is 6.53. The van der Waals surface area contributed by atoms with Gasteiger partial charge in [-0.1, -0.05) is 12.1 Å². The van der Waals surface area contributed by atoms with Gasteiger partial charge >= 0.3 is 0 Å². The molecule has 4 heteroatoms. The van der Waals surface area contributed by atoms with Gasteiger partial charge in [-0.05, 0) is 25.5 Å².